The highest BCUT2D eigenvalue weighted by atomic mass is 32.1. The summed E-state index contributed by atoms with van der Waals surface area (Å²) >= 11 is 1.31. The largest absolute Gasteiger partial charge is 0.494 e. The topological polar surface area (TPSA) is 83.5 Å². The number of nitrogens with zero attached hydrogens (tertiary/aromatic N) is 5. The molecule has 3 heterocycles. The van der Waals surface area contributed by atoms with Gasteiger partial charge in [0.05, 0.1) is 23.4 Å². The van der Waals surface area contributed by atoms with Gasteiger partial charge in [0.2, 0.25) is 4.96 Å². The fourth-order valence-corrected chi connectivity index (χ4v) is 5.58. The molecule has 43 heavy (non-hydrogen) atoms. The number of ether oxygens (including phenoxy) is 2. The van der Waals surface area contributed by atoms with Crippen LogP contribution in [0.5, 0.6) is 11.5 Å². The van der Waals surface area contributed by atoms with Crippen LogP contribution in [0.25, 0.3) is 40.1 Å². The van der Waals surface area contributed by atoms with Crippen molar-refractivity contribution in [3.63, 3.8) is 0 Å². The van der Waals surface area contributed by atoms with Crippen molar-refractivity contribution in [2.24, 2.45) is 0 Å². The average Bonchev–Trinajstić information content (AvgIpc) is 3.71. The summed E-state index contributed by atoms with van der Waals surface area (Å²) in [5, 5.41) is 9.38. The summed E-state index contributed by atoms with van der Waals surface area (Å²) in [4.78, 5) is 18.5. The van der Waals surface area contributed by atoms with Crippen molar-refractivity contribution in [3.8, 4) is 28.4 Å². The Hall–Kier alpha value is -5.02. The number of para-hydroxylation sites is 1. The Morgan fingerprint density at radius 2 is 1.74 bits per heavy atom. The third kappa shape index (κ3) is 6.12. The molecule has 0 saturated carbocycles. The van der Waals surface area contributed by atoms with E-state index in [0.717, 1.165) is 51.6 Å². The molecule has 0 bridgehead atoms. The molecule has 3 aromatic carbocycles. The molecule has 6 rings (SSSR count). The van der Waals surface area contributed by atoms with Gasteiger partial charge in [0, 0.05) is 17.3 Å². The van der Waals surface area contributed by atoms with Crippen LogP contribution in [0.1, 0.15) is 42.8 Å². The van der Waals surface area contributed by atoms with Gasteiger partial charge in [0.25, 0.3) is 5.56 Å². The van der Waals surface area contributed by atoms with Gasteiger partial charge in [-0.2, -0.15) is 14.6 Å². The second-order valence-electron chi connectivity index (χ2n) is 9.96. The Morgan fingerprint density at radius 1 is 0.930 bits per heavy atom. The zero-order chi connectivity index (χ0) is 29.8. The maximum atomic E-state index is 13.4. The third-order valence-electron chi connectivity index (χ3n) is 6.77. The zero-order valence-corrected chi connectivity index (χ0v) is 25.0. The van der Waals surface area contributed by atoms with Crippen LogP contribution in [0.3, 0.4) is 0 Å². The minimum Gasteiger partial charge on any atom is -0.494 e. The molecule has 0 unspecified atom stereocenters. The molecule has 216 valence electrons. The van der Waals surface area contributed by atoms with Gasteiger partial charge < -0.3 is 9.47 Å². The monoisotopic (exact) mass is 589 g/mol. The molecular weight excluding hydrogens is 558 g/mol. The predicted octanol–water partition coefficient (Wildman–Crippen LogP) is 6.22. The Bertz CT molecular complexity index is 2010. The van der Waals surface area contributed by atoms with Crippen molar-refractivity contribution < 1.29 is 9.47 Å². The highest BCUT2D eigenvalue weighted by molar-refractivity contribution is 7.15. The normalized spacial score (nSPS) is 12.0. The molecule has 0 N–H and O–H groups in total. The highest BCUT2D eigenvalue weighted by Crippen LogP contribution is 2.29. The molecule has 0 aliphatic heterocycles. The summed E-state index contributed by atoms with van der Waals surface area (Å²) in [5.41, 5.74) is 5.26. The number of hydrogen-bond acceptors (Lipinski definition) is 7. The van der Waals surface area contributed by atoms with Crippen molar-refractivity contribution >= 4 is 34.5 Å². The van der Waals surface area contributed by atoms with Crippen LogP contribution in [0, 0.1) is 6.92 Å². The van der Waals surface area contributed by atoms with Gasteiger partial charge in [0.15, 0.2) is 5.82 Å². The van der Waals surface area contributed by atoms with Gasteiger partial charge in [-0.1, -0.05) is 54.7 Å². The smallest absolute Gasteiger partial charge is 0.291 e. The van der Waals surface area contributed by atoms with Crippen LogP contribution in [0.2, 0.25) is 0 Å². The standard InChI is InChI=1S/C34H31N5O3S/c1-4-19-42-29-17-14-25(20-23(29)3)32-26(22-38(37-32)27-9-7-6-8-10-27)21-30-33(40)39-34(43-30)35-31(36-39)18-13-24-11-15-28(16-12-24)41-5-2/h6-18,20-22H,4-5,19H2,1-3H3/b18-13+,30-21-. The van der Waals surface area contributed by atoms with E-state index in [1.165, 1.54) is 15.9 Å². The lowest BCUT2D eigenvalue weighted by Crippen LogP contribution is -2.23. The van der Waals surface area contributed by atoms with E-state index in [0.29, 0.717) is 28.5 Å². The molecule has 0 atom stereocenters. The fourth-order valence-electron chi connectivity index (χ4n) is 4.67. The molecule has 0 amide bonds. The first kappa shape index (κ1) is 28.1. The van der Waals surface area contributed by atoms with Gasteiger partial charge in [-0.15, -0.1) is 5.10 Å². The van der Waals surface area contributed by atoms with Gasteiger partial charge in [-0.25, -0.2) is 4.68 Å². The molecule has 6 aromatic rings. The maximum Gasteiger partial charge on any atom is 0.291 e. The van der Waals surface area contributed by atoms with Crippen molar-refractivity contribution in [1.82, 2.24) is 24.4 Å². The number of aryl methyl sites for hydroxylation is 1. The molecular formula is C34H31N5O3S. The number of rotatable bonds is 10. The van der Waals surface area contributed by atoms with Gasteiger partial charge in [-0.05, 0) is 86.0 Å². The molecule has 0 spiro atoms. The van der Waals surface area contributed by atoms with Crippen molar-refractivity contribution in [2.45, 2.75) is 27.2 Å². The summed E-state index contributed by atoms with van der Waals surface area (Å²) in [7, 11) is 0. The molecule has 0 aliphatic rings. The number of hydrogen-bond donors (Lipinski definition) is 0. The van der Waals surface area contributed by atoms with E-state index < -0.39 is 0 Å². The summed E-state index contributed by atoms with van der Waals surface area (Å²) in [5.74, 6) is 2.16. The fraction of sp³-hybridized carbons (Fsp3) is 0.176. The van der Waals surface area contributed by atoms with Crippen molar-refractivity contribution in [1.29, 1.82) is 0 Å². The van der Waals surface area contributed by atoms with Crippen molar-refractivity contribution in [2.75, 3.05) is 13.2 Å². The van der Waals surface area contributed by atoms with Crippen LogP contribution in [0.4, 0.5) is 0 Å². The quantitative estimate of drug-likeness (QED) is 0.189. The molecule has 8 nitrogen and oxygen atoms in total. The van der Waals surface area contributed by atoms with E-state index >= 15 is 0 Å². The van der Waals surface area contributed by atoms with Crippen LogP contribution >= 0.6 is 11.3 Å². The van der Waals surface area contributed by atoms with Crippen LogP contribution in [-0.2, 0) is 0 Å². The van der Waals surface area contributed by atoms with Crippen LogP contribution in [0.15, 0.2) is 83.8 Å². The minimum absolute atomic E-state index is 0.217. The number of thiazole rings is 1. The lowest BCUT2D eigenvalue weighted by Gasteiger charge is -2.09. The molecule has 0 saturated heterocycles. The average molecular weight is 590 g/mol. The molecule has 9 heteroatoms. The highest BCUT2D eigenvalue weighted by Gasteiger charge is 2.15. The van der Waals surface area contributed by atoms with E-state index in [1.54, 1.807) is 6.08 Å². The van der Waals surface area contributed by atoms with Crippen LogP contribution < -0.4 is 19.6 Å². The number of aromatic nitrogens is 5. The molecule has 0 fully saturated rings. The first-order chi connectivity index (χ1) is 21.0. The van der Waals surface area contributed by atoms with Crippen molar-refractivity contribution in [3.05, 3.63) is 116 Å². The van der Waals surface area contributed by atoms with E-state index in [-0.39, 0.29) is 5.56 Å². The number of fused-ring (bicyclic) bond motifs is 1. The first-order valence-electron chi connectivity index (χ1n) is 14.2. The zero-order valence-electron chi connectivity index (χ0n) is 24.2. The van der Waals surface area contributed by atoms with E-state index in [2.05, 4.69) is 23.1 Å². The van der Waals surface area contributed by atoms with Gasteiger partial charge >= 0.3 is 0 Å². The van der Waals surface area contributed by atoms with Gasteiger partial charge in [-0.3, -0.25) is 4.79 Å². The second-order valence-corrected chi connectivity index (χ2v) is 11.0. The van der Waals surface area contributed by atoms with E-state index in [9.17, 15) is 4.79 Å². The summed E-state index contributed by atoms with van der Waals surface area (Å²) in [6, 6.07) is 23.8. The minimum atomic E-state index is -0.217. The lowest BCUT2D eigenvalue weighted by molar-refractivity contribution is 0.315. The Labute approximate surface area is 253 Å². The summed E-state index contributed by atoms with van der Waals surface area (Å²) in [6.07, 6.45) is 8.48. The van der Waals surface area contributed by atoms with E-state index in [4.69, 9.17) is 14.6 Å². The lowest BCUT2D eigenvalue weighted by atomic mass is 10.0. The predicted molar refractivity (Wildman–Crippen MR) is 172 cm³/mol. The van der Waals surface area contributed by atoms with E-state index in [1.807, 2.05) is 104 Å². The maximum absolute atomic E-state index is 13.4. The Morgan fingerprint density at radius 3 is 2.47 bits per heavy atom. The molecule has 0 aliphatic carbocycles. The Balaban J connectivity index is 1.35. The van der Waals surface area contributed by atoms with Gasteiger partial charge in [0.1, 0.15) is 17.2 Å². The summed E-state index contributed by atoms with van der Waals surface area (Å²) in [6.45, 7) is 7.37. The molecule has 0 radical (unpaired) electrons. The first-order valence-corrected chi connectivity index (χ1v) is 15.0. The third-order valence-corrected chi connectivity index (χ3v) is 7.73. The summed E-state index contributed by atoms with van der Waals surface area (Å²) < 4.78 is 15.1. The van der Waals surface area contributed by atoms with Crippen LogP contribution in [-0.4, -0.2) is 37.6 Å². The molecule has 3 aromatic heterocycles. The SMILES string of the molecule is CCCOc1ccc(-c2nn(-c3ccccc3)cc2/C=c2\sc3nc(/C=C/c4ccc(OCC)cc4)nn3c2=O)cc1C. The Kier molecular flexibility index (Phi) is 8.15. The second kappa shape index (κ2) is 12.5. The number of benzene rings is 3.